The highest BCUT2D eigenvalue weighted by molar-refractivity contribution is 6.09. The molecule has 11 rings (SSSR count). The van der Waals surface area contributed by atoms with Crippen molar-refractivity contribution in [3.8, 4) is 56.2 Å². The van der Waals surface area contributed by atoms with Gasteiger partial charge >= 0.3 is 0 Å². The Bertz CT molecular complexity index is 3020. The molecule has 10 aromatic rings. The van der Waals surface area contributed by atoms with Crippen LogP contribution in [0.25, 0.3) is 78.1 Å². The minimum absolute atomic E-state index is 0.451. The maximum Gasteiger partial charge on any atom is 0.160 e. The van der Waals surface area contributed by atoms with Gasteiger partial charge in [0.15, 0.2) is 5.82 Å². The van der Waals surface area contributed by atoms with E-state index in [0.29, 0.717) is 5.82 Å². The number of nitrogens with zero attached hydrogens (tertiary/aromatic N) is 2. The van der Waals surface area contributed by atoms with Gasteiger partial charge in [0.25, 0.3) is 0 Å². The van der Waals surface area contributed by atoms with Crippen LogP contribution in [0.3, 0.4) is 0 Å². The third-order valence-corrected chi connectivity index (χ3v) is 11.4. The van der Waals surface area contributed by atoms with E-state index < -0.39 is 5.41 Å². The lowest BCUT2D eigenvalue weighted by Gasteiger charge is -2.33. The van der Waals surface area contributed by atoms with E-state index >= 15 is 0 Å². The maximum atomic E-state index is 6.38. The van der Waals surface area contributed by atoms with Crippen LogP contribution in [0.5, 0.6) is 0 Å². The molecule has 8 aromatic carbocycles. The second-order valence-corrected chi connectivity index (χ2v) is 14.5. The minimum atomic E-state index is -0.451. The van der Waals surface area contributed by atoms with Gasteiger partial charge in [-0.25, -0.2) is 9.97 Å². The molecule has 0 atom stereocenters. The first-order chi connectivity index (χ1) is 27.8. The topological polar surface area (TPSA) is 38.9 Å². The van der Waals surface area contributed by atoms with Gasteiger partial charge in [0.2, 0.25) is 0 Å². The highest BCUT2D eigenvalue weighted by Gasteiger charge is 2.46. The largest absolute Gasteiger partial charge is 0.455 e. The molecule has 0 aliphatic heterocycles. The number of hydrogen-bond acceptors (Lipinski definition) is 3. The summed E-state index contributed by atoms with van der Waals surface area (Å²) in [6.45, 7) is 0. The molecule has 1 aliphatic rings. The zero-order valence-corrected chi connectivity index (χ0v) is 30.4. The standard InChI is InChI=1S/C53H34N2O/c1-4-15-37(16-5-1)52-54-48(36-29-27-35(28-30-36)41-23-14-24-44-43-22-11-13-26-50(43)56-51(41)44)34-49(55-52)38-31-32-47-45(33-38)42-21-10-12-25-46(42)53(47,39-17-6-2-7-18-39)40-19-8-3-9-20-40/h1-34H. The summed E-state index contributed by atoms with van der Waals surface area (Å²) >= 11 is 0. The summed E-state index contributed by atoms with van der Waals surface area (Å²) in [7, 11) is 0. The fraction of sp³-hybridized carbons (Fsp3) is 0.0189. The van der Waals surface area contributed by atoms with Gasteiger partial charge in [-0.2, -0.15) is 0 Å². The molecule has 0 amide bonds. The van der Waals surface area contributed by atoms with E-state index in [4.69, 9.17) is 14.4 Å². The highest BCUT2D eigenvalue weighted by atomic mass is 16.3. The second kappa shape index (κ2) is 12.9. The number of fused-ring (bicyclic) bond motifs is 6. The molecular formula is C53H34N2O. The molecule has 0 radical (unpaired) electrons. The van der Waals surface area contributed by atoms with Gasteiger partial charge in [-0.15, -0.1) is 0 Å². The smallest absolute Gasteiger partial charge is 0.160 e. The van der Waals surface area contributed by atoms with Gasteiger partial charge in [-0.3, -0.25) is 0 Å². The van der Waals surface area contributed by atoms with E-state index in [-0.39, 0.29) is 0 Å². The molecule has 0 saturated heterocycles. The van der Waals surface area contributed by atoms with Crippen LogP contribution in [0, 0.1) is 0 Å². The number of furan rings is 1. The summed E-state index contributed by atoms with van der Waals surface area (Å²) < 4.78 is 6.38. The van der Waals surface area contributed by atoms with Crippen molar-refractivity contribution in [2.24, 2.45) is 0 Å². The van der Waals surface area contributed by atoms with Crippen molar-refractivity contribution in [3.05, 3.63) is 229 Å². The van der Waals surface area contributed by atoms with E-state index in [9.17, 15) is 0 Å². The summed E-state index contributed by atoms with van der Waals surface area (Å²) in [4.78, 5) is 10.4. The predicted molar refractivity (Wildman–Crippen MR) is 228 cm³/mol. The molecule has 0 unspecified atom stereocenters. The fourth-order valence-corrected chi connectivity index (χ4v) is 8.86. The molecule has 0 spiro atoms. The van der Waals surface area contributed by atoms with Crippen LogP contribution in [0.2, 0.25) is 0 Å². The molecule has 56 heavy (non-hydrogen) atoms. The first-order valence-electron chi connectivity index (χ1n) is 19.1. The molecule has 262 valence electrons. The van der Waals surface area contributed by atoms with Gasteiger partial charge < -0.3 is 4.42 Å². The molecule has 0 fully saturated rings. The summed E-state index contributed by atoms with van der Waals surface area (Å²) in [5.41, 5.74) is 15.8. The molecule has 1 aliphatic carbocycles. The van der Waals surface area contributed by atoms with Gasteiger partial charge in [-0.1, -0.05) is 188 Å². The van der Waals surface area contributed by atoms with Crippen LogP contribution >= 0.6 is 0 Å². The minimum Gasteiger partial charge on any atom is -0.455 e. The quantitative estimate of drug-likeness (QED) is 0.172. The van der Waals surface area contributed by atoms with Gasteiger partial charge in [-0.05, 0) is 57.1 Å². The number of para-hydroxylation sites is 2. The Balaban J connectivity index is 1.06. The first-order valence-corrected chi connectivity index (χ1v) is 19.1. The lowest BCUT2D eigenvalue weighted by atomic mass is 9.67. The Morgan fingerprint density at radius 2 is 0.911 bits per heavy atom. The number of hydrogen-bond donors (Lipinski definition) is 0. The Morgan fingerprint density at radius 1 is 0.357 bits per heavy atom. The molecule has 2 heterocycles. The third-order valence-electron chi connectivity index (χ3n) is 11.4. The molecule has 0 N–H and O–H groups in total. The SMILES string of the molecule is c1ccc(-c2nc(-c3ccc(-c4cccc5c4oc4ccccc45)cc3)cc(-c3ccc4c(c3)-c3ccccc3C4(c3ccccc3)c3ccccc3)n2)cc1. The zero-order chi connectivity index (χ0) is 37.1. The molecule has 0 saturated carbocycles. The Labute approximate surface area is 325 Å². The van der Waals surface area contributed by atoms with Gasteiger partial charge in [0.05, 0.1) is 16.8 Å². The highest BCUT2D eigenvalue weighted by Crippen LogP contribution is 2.56. The predicted octanol–water partition coefficient (Wildman–Crippen LogP) is 13.4. The van der Waals surface area contributed by atoms with Crippen molar-refractivity contribution in [1.29, 1.82) is 0 Å². The lowest BCUT2D eigenvalue weighted by molar-refractivity contribution is 0.670. The van der Waals surface area contributed by atoms with Crippen LogP contribution in [-0.2, 0) is 5.41 Å². The second-order valence-electron chi connectivity index (χ2n) is 14.5. The summed E-state index contributed by atoms with van der Waals surface area (Å²) in [5, 5.41) is 2.25. The molecule has 3 heteroatoms. The van der Waals surface area contributed by atoms with E-state index in [0.717, 1.165) is 61.1 Å². The van der Waals surface area contributed by atoms with Crippen LogP contribution < -0.4 is 0 Å². The monoisotopic (exact) mass is 714 g/mol. The third kappa shape index (κ3) is 4.98. The average molecular weight is 715 g/mol. The number of benzene rings is 8. The first kappa shape index (κ1) is 32.1. The van der Waals surface area contributed by atoms with Crippen molar-refractivity contribution < 1.29 is 4.42 Å². The lowest BCUT2D eigenvalue weighted by Crippen LogP contribution is -2.28. The average Bonchev–Trinajstić information content (AvgIpc) is 3.81. The molecule has 3 nitrogen and oxygen atoms in total. The molecule has 0 bridgehead atoms. The van der Waals surface area contributed by atoms with E-state index in [1.165, 1.54) is 33.4 Å². The van der Waals surface area contributed by atoms with Crippen molar-refractivity contribution >= 4 is 21.9 Å². The molecular weight excluding hydrogens is 681 g/mol. The number of aromatic nitrogens is 2. The van der Waals surface area contributed by atoms with E-state index in [1.54, 1.807) is 0 Å². The normalized spacial score (nSPS) is 12.8. The summed E-state index contributed by atoms with van der Waals surface area (Å²) in [6.07, 6.45) is 0. The van der Waals surface area contributed by atoms with E-state index in [1.807, 2.05) is 30.3 Å². The Hall–Kier alpha value is -7.36. The van der Waals surface area contributed by atoms with Crippen LogP contribution in [-0.4, -0.2) is 9.97 Å². The zero-order valence-electron chi connectivity index (χ0n) is 30.4. The summed E-state index contributed by atoms with van der Waals surface area (Å²) in [6, 6.07) is 73.2. The van der Waals surface area contributed by atoms with Gasteiger partial charge in [0, 0.05) is 33.0 Å². The van der Waals surface area contributed by atoms with Gasteiger partial charge in [0.1, 0.15) is 11.2 Å². The van der Waals surface area contributed by atoms with Crippen molar-refractivity contribution in [2.75, 3.05) is 0 Å². The van der Waals surface area contributed by atoms with Crippen LogP contribution in [0.4, 0.5) is 0 Å². The van der Waals surface area contributed by atoms with Crippen LogP contribution in [0.1, 0.15) is 22.3 Å². The van der Waals surface area contributed by atoms with Crippen molar-refractivity contribution in [1.82, 2.24) is 9.97 Å². The van der Waals surface area contributed by atoms with Crippen molar-refractivity contribution in [3.63, 3.8) is 0 Å². The molecule has 2 aromatic heterocycles. The van der Waals surface area contributed by atoms with Crippen LogP contribution in [0.15, 0.2) is 211 Å². The fourth-order valence-electron chi connectivity index (χ4n) is 8.86. The van der Waals surface area contributed by atoms with E-state index in [2.05, 4.69) is 176 Å². The van der Waals surface area contributed by atoms with Crippen molar-refractivity contribution in [2.45, 2.75) is 5.41 Å². The summed E-state index contributed by atoms with van der Waals surface area (Å²) in [5.74, 6) is 0.693. The Morgan fingerprint density at radius 3 is 1.66 bits per heavy atom. The maximum absolute atomic E-state index is 6.38. The number of rotatable bonds is 6. The Kier molecular flexibility index (Phi) is 7.39.